The SMILES string of the molecule is COc1ccccc1/C=C/C=C1\N=C(c2ccc(C)cc2)OC1=O. The number of hydrogen-bond acceptors (Lipinski definition) is 4. The van der Waals surface area contributed by atoms with Crippen molar-refractivity contribution in [3.05, 3.63) is 83.1 Å². The van der Waals surface area contributed by atoms with E-state index < -0.39 is 5.97 Å². The fourth-order valence-electron chi connectivity index (χ4n) is 2.29. The molecule has 0 bridgehead atoms. The largest absolute Gasteiger partial charge is 0.496 e. The van der Waals surface area contributed by atoms with E-state index in [1.165, 1.54) is 0 Å². The number of aryl methyl sites for hydroxylation is 1. The Hall–Kier alpha value is -3.14. The van der Waals surface area contributed by atoms with Crippen LogP contribution < -0.4 is 4.74 Å². The molecule has 1 aliphatic rings. The van der Waals surface area contributed by atoms with Gasteiger partial charge in [-0.1, -0.05) is 48.0 Å². The van der Waals surface area contributed by atoms with E-state index in [4.69, 9.17) is 9.47 Å². The second-order valence-electron chi connectivity index (χ2n) is 5.33. The molecule has 0 saturated heterocycles. The van der Waals surface area contributed by atoms with Gasteiger partial charge in [0.15, 0.2) is 5.70 Å². The van der Waals surface area contributed by atoms with Crippen LogP contribution in [-0.2, 0) is 9.53 Å². The molecule has 0 aromatic heterocycles. The van der Waals surface area contributed by atoms with Crippen molar-refractivity contribution in [1.29, 1.82) is 0 Å². The second-order valence-corrected chi connectivity index (χ2v) is 5.33. The lowest BCUT2D eigenvalue weighted by Gasteiger charge is -2.02. The molecule has 0 unspecified atom stereocenters. The molecule has 0 radical (unpaired) electrons. The molecule has 0 saturated carbocycles. The van der Waals surface area contributed by atoms with E-state index in [0.29, 0.717) is 5.90 Å². The first kappa shape index (κ1) is 15.7. The summed E-state index contributed by atoms with van der Waals surface area (Å²) >= 11 is 0. The van der Waals surface area contributed by atoms with Crippen LogP contribution in [0.15, 0.2) is 71.4 Å². The molecule has 4 nitrogen and oxygen atoms in total. The zero-order valence-electron chi connectivity index (χ0n) is 13.5. The summed E-state index contributed by atoms with van der Waals surface area (Å²) in [7, 11) is 1.62. The normalized spacial score (nSPS) is 15.7. The summed E-state index contributed by atoms with van der Waals surface area (Å²) in [5.41, 5.74) is 3.12. The average Bonchev–Trinajstić information content (AvgIpc) is 2.97. The van der Waals surface area contributed by atoms with Gasteiger partial charge in [-0.3, -0.25) is 0 Å². The fourth-order valence-corrected chi connectivity index (χ4v) is 2.29. The van der Waals surface area contributed by atoms with Crippen molar-refractivity contribution in [3.63, 3.8) is 0 Å². The lowest BCUT2D eigenvalue weighted by atomic mass is 10.1. The van der Waals surface area contributed by atoms with Crippen LogP contribution >= 0.6 is 0 Å². The lowest BCUT2D eigenvalue weighted by molar-refractivity contribution is -0.130. The number of cyclic esters (lactones) is 1. The zero-order chi connectivity index (χ0) is 16.9. The number of aliphatic imine (C=N–C) groups is 1. The van der Waals surface area contributed by atoms with Crippen molar-refractivity contribution < 1.29 is 14.3 Å². The molecule has 0 atom stereocenters. The molecule has 0 spiro atoms. The number of hydrogen-bond donors (Lipinski definition) is 0. The summed E-state index contributed by atoms with van der Waals surface area (Å²) in [5, 5.41) is 0. The van der Waals surface area contributed by atoms with Crippen LogP contribution in [-0.4, -0.2) is 19.0 Å². The molecular weight excluding hydrogens is 302 g/mol. The number of carbonyl (C=O) groups is 1. The summed E-state index contributed by atoms with van der Waals surface area (Å²) in [6.07, 6.45) is 5.25. The molecule has 0 N–H and O–H groups in total. The van der Waals surface area contributed by atoms with Crippen molar-refractivity contribution in [2.45, 2.75) is 6.92 Å². The first-order valence-corrected chi connectivity index (χ1v) is 7.56. The predicted molar refractivity (Wildman–Crippen MR) is 93.9 cm³/mol. The van der Waals surface area contributed by atoms with Gasteiger partial charge in [0.2, 0.25) is 5.90 Å². The molecule has 2 aromatic rings. The van der Waals surface area contributed by atoms with Crippen molar-refractivity contribution in [2.24, 2.45) is 4.99 Å². The van der Waals surface area contributed by atoms with Gasteiger partial charge in [0.1, 0.15) is 5.75 Å². The van der Waals surface area contributed by atoms with Crippen molar-refractivity contribution >= 4 is 17.9 Å². The van der Waals surface area contributed by atoms with E-state index in [1.807, 2.05) is 61.5 Å². The number of benzene rings is 2. The third-order valence-electron chi connectivity index (χ3n) is 3.59. The van der Waals surface area contributed by atoms with Crippen LogP contribution in [0.5, 0.6) is 5.75 Å². The highest BCUT2D eigenvalue weighted by atomic mass is 16.6. The molecule has 1 aliphatic heterocycles. The Morgan fingerprint density at radius 2 is 1.83 bits per heavy atom. The number of rotatable bonds is 4. The Labute approximate surface area is 140 Å². The monoisotopic (exact) mass is 319 g/mol. The third-order valence-corrected chi connectivity index (χ3v) is 3.59. The van der Waals surface area contributed by atoms with Gasteiger partial charge in [-0.2, -0.15) is 0 Å². The molecule has 4 heteroatoms. The van der Waals surface area contributed by atoms with Gasteiger partial charge in [-0.15, -0.1) is 0 Å². The van der Waals surface area contributed by atoms with Crippen LogP contribution in [0.25, 0.3) is 6.08 Å². The van der Waals surface area contributed by atoms with E-state index >= 15 is 0 Å². The molecule has 120 valence electrons. The van der Waals surface area contributed by atoms with Crippen LogP contribution in [0, 0.1) is 6.92 Å². The third kappa shape index (κ3) is 3.43. The molecule has 0 fully saturated rings. The second kappa shape index (κ2) is 6.96. The number of allylic oxidation sites excluding steroid dienone is 2. The van der Waals surface area contributed by atoms with Crippen LogP contribution in [0.4, 0.5) is 0 Å². The maximum atomic E-state index is 11.9. The molecule has 0 aliphatic carbocycles. The molecule has 24 heavy (non-hydrogen) atoms. The Morgan fingerprint density at radius 3 is 2.58 bits per heavy atom. The molecule has 3 rings (SSSR count). The Kier molecular flexibility index (Phi) is 4.57. The van der Waals surface area contributed by atoms with Crippen molar-refractivity contribution in [2.75, 3.05) is 7.11 Å². The highest BCUT2D eigenvalue weighted by molar-refractivity contribution is 6.11. The van der Waals surface area contributed by atoms with Gasteiger partial charge in [-0.25, -0.2) is 9.79 Å². The average molecular weight is 319 g/mol. The highest BCUT2D eigenvalue weighted by Gasteiger charge is 2.23. The minimum absolute atomic E-state index is 0.275. The summed E-state index contributed by atoms with van der Waals surface area (Å²) in [5.74, 6) is 0.650. The summed E-state index contributed by atoms with van der Waals surface area (Å²) in [6, 6.07) is 15.3. The van der Waals surface area contributed by atoms with Gasteiger partial charge >= 0.3 is 5.97 Å². The number of ether oxygens (including phenoxy) is 2. The van der Waals surface area contributed by atoms with Gasteiger partial charge in [0, 0.05) is 11.1 Å². The predicted octanol–water partition coefficient (Wildman–Crippen LogP) is 3.90. The molecular formula is C20H17NO3. The molecule has 0 amide bonds. The maximum Gasteiger partial charge on any atom is 0.363 e. The standard InChI is InChI=1S/C20H17NO3/c1-14-10-12-16(13-11-14)19-21-17(20(22)24-19)8-5-7-15-6-3-4-9-18(15)23-2/h3-13H,1-2H3/b7-5+,17-8-. The zero-order valence-corrected chi connectivity index (χ0v) is 13.5. The van der Waals surface area contributed by atoms with Crippen molar-refractivity contribution in [1.82, 2.24) is 0 Å². The summed E-state index contributed by atoms with van der Waals surface area (Å²) in [6.45, 7) is 2.00. The van der Waals surface area contributed by atoms with E-state index in [2.05, 4.69) is 4.99 Å². The smallest absolute Gasteiger partial charge is 0.363 e. The van der Waals surface area contributed by atoms with Crippen molar-refractivity contribution in [3.8, 4) is 5.75 Å². The minimum Gasteiger partial charge on any atom is -0.496 e. The summed E-state index contributed by atoms with van der Waals surface area (Å²) < 4.78 is 10.5. The highest BCUT2D eigenvalue weighted by Crippen LogP contribution is 2.20. The first-order valence-electron chi connectivity index (χ1n) is 7.56. The van der Waals surface area contributed by atoms with Crippen LogP contribution in [0.1, 0.15) is 16.7 Å². The number of nitrogens with zero attached hydrogens (tertiary/aromatic N) is 1. The Balaban J connectivity index is 1.81. The number of carbonyl (C=O) groups excluding carboxylic acids is 1. The fraction of sp³-hybridized carbons (Fsp3) is 0.100. The van der Waals surface area contributed by atoms with Gasteiger partial charge < -0.3 is 9.47 Å². The molecule has 2 aromatic carbocycles. The lowest BCUT2D eigenvalue weighted by Crippen LogP contribution is -2.05. The summed E-state index contributed by atoms with van der Waals surface area (Å²) in [4.78, 5) is 16.2. The van der Waals surface area contributed by atoms with Gasteiger partial charge in [0.25, 0.3) is 0 Å². The van der Waals surface area contributed by atoms with Gasteiger partial charge in [0.05, 0.1) is 7.11 Å². The number of methoxy groups -OCH3 is 1. The van der Waals surface area contributed by atoms with Crippen LogP contribution in [0.3, 0.4) is 0 Å². The van der Waals surface area contributed by atoms with Gasteiger partial charge in [-0.05, 0) is 31.2 Å². The number of esters is 1. The van der Waals surface area contributed by atoms with E-state index in [1.54, 1.807) is 19.3 Å². The topological polar surface area (TPSA) is 47.9 Å². The van der Waals surface area contributed by atoms with E-state index in [-0.39, 0.29) is 5.70 Å². The minimum atomic E-state index is -0.449. The quantitative estimate of drug-likeness (QED) is 0.634. The maximum absolute atomic E-state index is 11.9. The van der Waals surface area contributed by atoms with E-state index in [9.17, 15) is 4.79 Å². The Morgan fingerprint density at radius 1 is 1.08 bits per heavy atom. The van der Waals surface area contributed by atoms with Crippen LogP contribution in [0.2, 0.25) is 0 Å². The molecule has 1 heterocycles. The van der Waals surface area contributed by atoms with E-state index in [0.717, 1.165) is 22.4 Å². The Bertz CT molecular complexity index is 845. The number of para-hydroxylation sites is 1. The first-order chi connectivity index (χ1) is 11.7.